The highest BCUT2D eigenvalue weighted by Gasteiger charge is 2.13. The lowest BCUT2D eigenvalue weighted by molar-refractivity contribution is 0.477. The van der Waals surface area contributed by atoms with Crippen LogP contribution in [-0.2, 0) is 12.8 Å². The molecule has 0 aliphatic rings. The second kappa shape index (κ2) is 7.53. The van der Waals surface area contributed by atoms with Crippen molar-refractivity contribution in [3.05, 3.63) is 70.2 Å². The molecule has 0 heterocycles. The van der Waals surface area contributed by atoms with Crippen molar-refractivity contribution in [2.45, 2.75) is 12.8 Å². The van der Waals surface area contributed by atoms with Crippen LogP contribution in [0.5, 0.6) is 0 Å². The third-order valence-corrected chi connectivity index (χ3v) is 3.71. The fourth-order valence-electron chi connectivity index (χ4n) is 2.46. The van der Waals surface area contributed by atoms with Gasteiger partial charge in [-0.15, -0.1) is 0 Å². The molecular weight excluding hydrogens is 292 g/mol. The molecule has 0 saturated carbocycles. The van der Waals surface area contributed by atoms with Crippen LogP contribution in [0.15, 0.2) is 42.5 Å². The normalized spacial score (nSPS) is 12.4. The Labute approximate surface area is 128 Å². The molecule has 4 heteroatoms. The molecule has 1 nitrogen and oxygen atoms in total. The van der Waals surface area contributed by atoms with E-state index in [2.05, 4.69) is 5.32 Å². The Morgan fingerprint density at radius 2 is 1.76 bits per heavy atom. The Morgan fingerprint density at radius 3 is 2.38 bits per heavy atom. The van der Waals surface area contributed by atoms with Gasteiger partial charge in [0.25, 0.3) is 0 Å². The highest BCUT2D eigenvalue weighted by Crippen LogP contribution is 2.19. The first-order chi connectivity index (χ1) is 10.1. The molecule has 0 spiro atoms. The second-order valence-corrected chi connectivity index (χ2v) is 5.63. The van der Waals surface area contributed by atoms with Crippen molar-refractivity contribution >= 4 is 11.6 Å². The van der Waals surface area contributed by atoms with E-state index in [0.29, 0.717) is 17.0 Å². The van der Waals surface area contributed by atoms with Crippen molar-refractivity contribution in [1.82, 2.24) is 5.32 Å². The fraction of sp³-hybridized carbons (Fsp3) is 0.294. The molecule has 0 aliphatic heterocycles. The summed E-state index contributed by atoms with van der Waals surface area (Å²) in [6.45, 7) is 0.763. The molecule has 1 unspecified atom stereocenters. The zero-order valence-corrected chi connectivity index (χ0v) is 12.6. The molecule has 0 aromatic heterocycles. The molecule has 0 bridgehead atoms. The zero-order chi connectivity index (χ0) is 15.2. The summed E-state index contributed by atoms with van der Waals surface area (Å²) in [6, 6.07) is 11.4. The largest absolute Gasteiger partial charge is 0.319 e. The van der Waals surface area contributed by atoms with Crippen LogP contribution in [0.2, 0.25) is 5.02 Å². The average Bonchev–Trinajstić information content (AvgIpc) is 2.44. The molecule has 1 N–H and O–H groups in total. The predicted molar refractivity (Wildman–Crippen MR) is 82.6 cm³/mol. The minimum atomic E-state index is -0.542. The highest BCUT2D eigenvalue weighted by molar-refractivity contribution is 6.30. The summed E-state index contributed by atoms with van der Waals surface area (Å²) in [4.78, 5) is 0. The second-order valence-electron chi connectivity index (χ2n) is 5.19. The summed E-state index contributed by atoms with van der Waals surface area (Å²) in [5.41, 5.74) is 1.70. The van der Waals surface area contributed by atoms with Crippen molar-refractivity contribution in [3.8, 4) is 0 Å². The molecule has 2 aromatic carbocycles. The van der Waals surface area contributed by atoms with Gasteiger partial charge in [0.1, 0.15) is 11.6 Å². The van der Waals surface area contributed by atoms with Gasteiger partial charge in [-0.2, -0.15) is 0 Å². The highest BCUT2D eigenvalue weighted by atomic mass is 35.5. The Bertz CT molecular complexity index is 584. The topological polar surface area (TPSA) is 12.0 Å². The maximum absolute atomic E-state index is 13.8. The van der Waals surface area contributed by atoms with E-state index in [1.54, 1.807) is 0 Å². The van der Waals surface area contributed by atoms with E-state index in [-0.39, 0.29) is 5.92 Å². The lowest BCUT2D eigenvalue weighted by Crippen LogP contribution is -2.23. The Hall–Kier alpha value is -1.45. The van der Waals surface area contributed by atoms with Gasteiger partial charge >= 0.3 is 0 Å². The molecule has 2 rings (SSSR count). The number of hydrogen-bond donors (Lipinski definition) is 1. The van der Waals surface area contributed by atoms with Gasteiger partial charge in [-0.25, -0.2) is 8.78 Å². The van der Waals surface area contributed by atoms with Gasteiger partial charge in [-0.1, -0.05) is 29.8 Å². The maximum Gasteiger partial charge on any atom is 0.129 e. The van der Waals surface area contributed by atoms with Crippen LogP contribution in [0, 0.1) is 17.6 Å². The minimum Gasteiger partial charge on any atom is -0.319 e. The summed E-state index contributed by atoms with van der Waals surface area (Å²) in [6.07, 6.45) is 1.38. The average molecular weight is 310 g/mol. The van der Waals surface area contributed by atoms with Crippen LogP contribution in [0.4, 0.5) is 8.78 Å². The van der Waals surface area contributed by atoms with Crippen LogP contribution >= 0.6 is 11.6 Å². The van der Waals surface area contributed by atoms with Crippen LogP contribution < -0.4 is 5.32 Å². The monoisotopic (exact) mass is 309 g/mol. The molecule has 0 aliphatic carbocycles. The number of benzene rings is 2. The third-order valence-electron chi connectivity index (χ3n) is 3.45. The number of halogens is 3. The van der Waals surface area contributed by atoms with E-state index in [9.17, 15) is 8.78 Å². The Kier molecular flexibility index (Phi) is 5.71. The molecule has 112 valence electrons. The van der Waals surface area contributed by atoms with E-state index in [1.807, 2.05) is 31.3 Å². The molecule has 2 aromatic rings. The van der Waals surface area contributed by atoms with Crippen molar-refractivity contribution in [2.24, 2.45) is 5.92 Å². The van der Waals surface area contributed by atoms with Crippen molar-refractivity contribution in [3.63, 3.8) is 0 Å². The first kappa shape index (κ1) is 15.9. The van der Waals surface area contributed by atoms with Gasteiger partial charge in [-0.3, -0.25) is 0 Å². The molecule has 21 heavy (non-hydrogen) atoms. The van der Waals surface area contributed by atoms with Crippen LogP contribution in [0.1, 0.15) is 11.1 Å². The van der Waals surface area contributed by atoms with E-state index < -0.39 is 11.6 Å². The lowest BCUT2D eigenvalue weighted by atomic mass is 9.92. The molecule has 1 atom stereocenters. The van der Waals surface area contributed by atoms with E-state index >= 15 is 0 Å². The summed E-state index contributed by atoms with van der Waals surface area (Å²) in [5, 5.41) is 3.83. The van der Waals surface area contributed by atoms with Crippen molar-refractivity contribution < 1.29 is 8.78 Å². The standard InChI is InChI=1S/C17H18ClF2N/c1-21-11-13(8-12-2-5-15(18)6-3-12)9-14-4-7-16(19)10-17(14)20/h2-7,10,13,21H,8-9,11H2,1H3. The van der Waals surface area contributed by atoms with Gasteiger partial charge in [0.2, 0.25) is 0 Å². The summed E-state index contributed by atoms with van der Waals surface area (Å²) in [7, 11) is 1.87. The Balaban J connectivity index is 2.09. The smallest absolute Gasteiger partial charge is 0.129 e. The van der Waals surface area contributed by atoms with E-state index in [1.165, 1.54) is 12.1 Å². The van der Waals surface area contributed by atoms with Gasteiger partial charge in [-0.05, 0) is 61.7 Å². The first-order valence-electron chi connectivity index (χ1n) is 6.91. The molecule has 0 amide bonds. The number of rotatable bonds is 6. The molecular formula is C17H18ClF2N. The van der Waals surface area contributed by atoms with E-state index in [0.717, 1.165) is 24.6 Å². The van der Waals surface area contributed by atoms with E-state index in [4.69, 9.17) is 11.6 Å². The van der Waals surface area contributed by atoms with Crippen LogP contribution in [0.3, 0.4) is 0 Å². The minimum absolute atomic E-state index is 0.233. The van der Waals surface area contributed by atoms with Gasteiger partial charge in [0.15, 0.2) is 0 Å². The first-order valence-corrected chi connectivity index (χ1v) is 7.29. The Morgan fingerprint density at radius 1 is 1.05 bits per heavy atom. The quantitative estimate of drug-likeness (QED) is 0.841. The fourth-order valence-corrected chi connectivity index (χ4v) is 2.58. The van der Waals surface area contributed by atoms with Crippen molar-refractivity contribution in [2.75, 3.05) is 13.6 Å². The predicted octanol–water partition coefficient (Wildman–Crippen LogP) is 4.24. The summed E-state index contributed by atoms with van der Waals surface area (Å²) >= 11 is 5.88. The molecule has 0 fully saturated rings. The van der Waals surface area contributed by atoms with Gasteiger partial charge in [0.05, 0.1) is 0 Å². The van der Waals surface area contributed by atoms with Gasteiger partial charge < -0.3 is 5.32 Å². The molecule has 0 saturated heterocycles. The third kappa shape index (κ3) is 4.80. The van der Waals surface area contributed by atoms with Crippen LogP contribution in [0.25, 0.3) is 0 Å². The number of hydrogen-bond acceptors (Lipinski definition) is 1. The molecule has 0 radical (unpaired) electrons. The maximum atomic E-state index is 13.8. The SMILES string of the molecule is CNCC(Cc1ccc(Cl)cc1)Cc1ccc(F)cc1F. The van der Waals surface area contributed by atoms with Crippen molar-refractivity contribution in [1.29, 1.82) is 0 Å². The number of nitrogens with one attached hydrogen (secondary N) is 1. The van der Waals surface area contributed by atoms with Gasteiger partial charge in [0, 0.05) is 11.1 Å². The lowest BCUT2D eigenvalue weighted by Gasteiger charge is -2.17. The van der Waals surface area contributed by atoms with Crippen LogP contribution in [-0.4, -0.2) is 13.6 Å². The summed E-state index contributed by atoms with van der Waals surface area (Å²) in [5.74, 6) is -0.789. The zero-order valence-electron chi connectivity index (χ0n) is 11.9. The summed E-state index contributed by atoms with van der Waals surface area (Å²) < 4.78 is 26.7.